The molecule has 2 rings (SSSR count). The highest BCUT2D eigenvalue weighted by atomic mass is 32.2. The Morgan fingerprint density at radius 3 is 2.27 bits per heavy atom. The Balaban J connectivity index is 2.24. The van der Waals surface area contributed by atoms with Crippen molar-refractivity contribution >= 4 is 21.7 Å². The number of aliphatic carboxylic acids is 1. The normalized spacial score (nSPS) is 11.2. The zero-order valence-electron chi connectivity index (χ0n) is 12.3. The molecule has 0 unspecified atom stereocenters. The average molecular weight is 319 g/mol. The van der Waals surface area contributed by atoms with Crippen LogP contribution in [0.25, 0.3) is 0 Å². The molecular weight excluding hydrogens is 302 g/mol. The number of benzene rings is 2. The average Bonchev–Trinajstić information content (AvgIpc) is 2.42. The van der Waals surface area contributed by atoms with Crippen LogP contribution in [0, 0.1) is 13.8 Å². The molecule has 0 spiro atoms. The van der Waals surface area contributed by atoms with Crippen molar-refractivity contribution in [2.75, 3.05) is 4.72 Å². The minimum Gasteiger partial charge on any atom is -0.481 e. The van der Waals surface area contributed by atoms with Gasteiger partial charge in [-0.1, -0.05) is 29.8 Å². The van der Waals surface area contributed by atoms with E-state index >= 15 is 0 Å². The Morgan fingerprint density at radius 2 is 1.73 bits per heavy atom. The summed E-state index contributed by atoms with van der Waals surface area (Å²) in [6.07, 6.45) is -0.134. The Morgan fingerprint density at radius 1 is 1.09 bits per heavy atom. The fourth-order valence-corrected chi connectivity index (χ4v) is 3.22. The van der Waals surface area contributed by atoms with E-state index in [4.69, 9.17) is 5.11 Å². The predicted octanol–water partition coefficient (Wildman–Crippen LogP) is 2.73. The van der Waals surface area contributed by atoms with Crippen molar-refractivity contribution in [3.05, 3.63) is 59.2 Å². The molecule has 0 fully saturated rings. The quantitative estimate of drug-likeness (QED) is 0.887. The van der Waals surface area contributed by atoms with Crippen molar-refractivity contribution in [2.24, 2.45) is 0 Å². The SMILES string of the molecule is Cc1ccc(NS(=O)(=O)c2ccc(CC(=O)O)cc2)c(C)c1. The van der Waals surface area contributed by atoms with E-state index in [0.29, 0.717) is 11.3 Å². The number of hydrogen-bond donors (Lipinski definition) is 2. The molecular formula is C16H17NO4S. The highest BCUT2D eigenvalue weighted by Gasteiger charge is 2.15. The van der Waals surface area contributed by atoms with E-state index in [1.807, 2.05) is 26.0 Å². The number of aryl methyl sites for hydroxylation is 2. The van der Waals surface area contributed by atoms with E-state index in [1.165, 1.54) is 24.3 Å². The number of nitrogens with one attached hydrogen (secondary N) is 1. The summed E-state index contributed by atoms with van der Waals surface area (Å²) in [5, 5.41) is 8.71. The maximum absolute atomic E-state index is 12.3. The molecule has 0 aliphatic carbocycles. The molecule has 0 aliphatic heterocycles. The first-order valence-corrected chi connectivity index (χ1v) is 8.17. The van der Waals surface area contributed by atoms with Gasteiger partial charge in [-0.15, -0.1) is 0 Å². The van der Waals surface area contributed by atoms with Crippen molar-refractivity contribution in [3.63, 3.8) is 0 Å². The standard InChI is InChI=1S/C16H17NO4S/c1-11-3-8-15(12(2)9-11)17-22(20,21)14-6-4-13(5-7-14)10-16(18)19/h3-9,17H,10H2,1-2H3,(H,18,19). The van der Waals surface area contributed by atoms with Crippen molar-refractivity contribution in [1.82, 2.24) is 0 Å². The zero-order chi connectivity index (χ0) is 16.3. The smallest absolute Gasteiger partial charge is 0.307 e. The Kier molecular flexibility index (Phi) is 4.51. The molecule has 0 atom stereocenters. The third-order valence-electron chi connectivity index (χ3n) is 3.22. The lowest BCUT2D eigenvalue weighted by Crippen LogP contribution is -2.14. The Bertz CT molecular complexity index is 795. The van der Waals surface area contributed by atoms with Crippen LogP contribution < -0.4 is 4.72 Å². The van der Waals surface area contributed by atoms with Gasteiger partial charge in [-0.05, 0) is 43.2 Å². The molecule has 0 saturated heterocycles. The first-order chi connectivity index (χ1) is 10.3. The molecule has 2 aromatic rings. The lowest BCUT2D eigenvalue weighted by Gasteiger charge is -2.11. The number of carbonyl (C=O) groups is 1. The van der Waals surface area contributed by atoms with Gasteiger partial charge >= 0.3 is 5.97 Å². The first kappa shape index (κ1) is 16.0. The van der Waals surface area contributed by atoms with Gasteiger partial charge in [0.15, 0.2) is 0 Å². The Hall–Kier alpha value is -2.34. The number of carboxylic acids is 1. The molecule has 2 aromatic carbocycles. The van der Waals surface area contributed by atoms with Crippen LogP contribution >= 0.6 is 0 Å². The lowest BCUT2D eigenvalue weighted by atomic mass is 10.1. The molecule has 5 nitrogen and oxygen atoms in total. The molecule has 0 saturated carbocycles. The van der Waals surface area contributed by atoms with Gasteiger partial charge < -0.3 is 5.11 Å². The van der Waals surface area contributed by atoms with Gasteiger partial charge in [0.25, 0.3) is 10.0 Å². The van der Waals surface area contributed by atoms with Crippen molar-refractivity contribution in [3.8, 4) is 0 Å². The second-order valence-electron chi connectivity index (χ2n) is 5.14. The van der Waals surface area contributed by atoms with Gasteiger partial charge in [-0.25, -0.2) is 8.42 Å². The van der Waals surface area contributed by atoms with Crippen molar-refractivity contribution in [1.29, 1.82) is 0 Å². The fraction of sp³-hybridized carbons (Fsp3) is 0.188. The molecule has 0 aliphatic rings. The molecule has 22 heavy (non-hydrogen) atoms. The number of sulfonamides is 1. The summed E-state index contributed by atoms with van der Waals surface area (Å²) in [5.74, 6) is -0.955. The van der Waals surface area contributed by atoms with E-state index in [1.54, 1.807) is 6.07 Å². The van der Waals surface area contributed by atoms with E-state index < -0.39 is 16.0 Å². The minimum absolute atomic E-state index is 0.0987. The van der Waals surface area contributed by atoms with Crippen LogP contribution in [0.3, 0.4) is 0 Å². The van der Waals surface area contributed by atoms with E-state index in [2.05, 4.69) is 4.72 Å². The molecule has 0 bridgehead atoms. The summed E-state index contributed by atoms with van der Waals surface area (Å²) in [5.41, 5.74) is 2.97. The molecule has 0 amide bonds. The van der Waals surface area contributed by atoms with E-state index in [9.17, 15) is 13.2 Å². The number of anilines is 1. The van der Waals surface area contributed by atoms with Crippen LogP contribution in [0.1, 0.15) is 16.7 Å². The maximum Gasteiger partial charge on any atom is 0.307 e. The van der Waals surface area contributed by atoms with Gasteiger partial charge in [0.05, 0.1) is 17.0 Å². The number of carboxylic acid groups (broad SMARTS) is 1. The van der Waals surface area contributed by atoms with Gasteiger partial charge in [0, 0.05) is 0 Å². The Labute approximate surface area is 129 Å². The highest BCUT2D eigenvalue weighted by Crippen LogP contribution is 2.21. The molecule has 2 N–H and O–H groups in total. The zero-order valence-corrected chi connectivity index (χ0v) is 13.1. The van der Waals surface area contributed by atoms with Gasteiger partial charge in [0.1, 0.15) is 0 Å². The maximum atomic E-state index is 12.3. The van der Waals surface area contributed by atoms with E-state index in [-0.39, 0.29) is 11.3 Å². The highest BCUT2D eigenvalue weighted by molar-refractivity contribution is 7.92. The molecule has 0 radical (unpaired) electrons. The van der Waals surface area contributed by atoms with E-state index in [0.717, 1.165) is 11.1 Å². The predicted molar refractivity (Wildman–Crippen MR) is 84.5 cm³/mol. The van der Waals surface area contributed by atoms with Crippen molar-refractivity contribution < 1.29 is 18.3 Å². The molecule has 0 aromatic heterocycles. The summed E-state index contributed by atoms with van der Waals surface area (Å²) in [6.45, 7) is 3.77. The van der Waals surface area contributed by atoms with Crippen LogP contribution in [0.4, 0.5) is 5.69 Å². The second-order valence-corrected chi connectivity index (χ2v) is 6.82. The summed E-state index contributed by atoms with van der Waals surface area (Å²) in [4.78, 5) is 10.7. The van der Waals surface area contributed by atoms with Crippen LogP contribution in [0.2, 0.25) is 0 Å². The van der Waals surface area contributed by atoms with Gasteiger partial charge in [0.2, 0.25) is 0 Å². The number of hydrogen-bond acceptors (Lipinski definition) is 3. The largest absolute Gasteiger partial charge is 0.481 e. The fourth-order valence-electron chi connectivity index (χ4n) is 2.09. The van der Waals surface area contributed by atoms with Crippen molar-refractivity contribution in [2.45, 2.75) is 25.2 Å². The van der Waals surface area contributed by atoms with Crippen LogP contribution in [-0.4, -0.2) is 19.5 Å². The molecule has 6 heteroatoms. The van der Waals surface area contributed by atoms with Gasteiger partial charge in [-0.3, -0.25) is 9.52 Å². The first-order valence-electron chi connectivity index (χ1n) is 6.69. The lowest BCUT2D eigenvalue weighted by molar-refractivity contribution is -0.136. The summed E-state index contributed by atoms with van der Waals surface area (Å²) in [7, 11) is -3.69. The molecule has 116 valence electrons. The monoisotopic (exact) mass is 319 g/mol. The summed E-state index contributed by atoms with van der Waals surface area (Å²) < 4.78 is 27.2. The van der Waals surface area contributed by atoms with Crippen LogP contribution in [0.5, 0.6) is 0 Å². The summed E-state index contributed by atoms with van der Waals surface area (Å²) >= 11 is 0. The third kappa shape index (κ3) is 3.85. The molecule has 0 heterocycles. The minimum atomic E-state index is -3.69. The summed E-state index contributed by atoms with van der Waals surface area (Å²) in [6, 6.07) is 11.3. The van der Waals surface area contributed by atoms with Crippen LogP contribution in [-0.2, 0) is 21.2 Å². The van der Waals surface area contributed by atoms with Gasteiger partial charge in [-0.2, -0.15) is 0 Å². The number of rotatable bonds is 5. The third-order valence-corrected chi connectivity index (χ3v) is 4.60. The topological polar surface area (TPSA) is 83.5 Å². The van der Waals surface area contributed by atoms with Crippen LogP contribution in [0.15, 0.2) is 47.4 Å². The second kappa shape index (κ2) is 6.19.